The maximum Gasteiger partial charge on any atom is 0.259 e. The summed E-state index contributed by atoms with van der Waals surface area (Å²) < 4.78 is 0. The molecule has 0 saturated heterocycles. The van der Waals surface area contributed by atoms with Crippen LogP contribution in [0.5, 0.6) is 0 Å². The molecule has 5 nitrogen and oxygen atoms in total. The minimum Gasteiger partial charge on any atom is -0.346 e. The van der Waals surface area contributed by atoms with E-state index in [4.69, 9.17) is 0 Å². The van der Waals surface area contributed by atoms with Gasteiger partial charge in [0.15, 0.2) is 0 Å². The van der Waals surface area contributed by atoms with Crippen molar-refractivity contribution in [2.75, 3.05) is 6.54 Å². The number of benzene rings is 4. The van der Waals surface area contributed by atoms with Crippen LogP contribution in [-0.4, -0.2) is 24.6 Å². The molecule has 0 fully saturated rings. The fraction of sp³-hybridized carbons (Fsp3) is 0.0741. The van der Waals surface area contributed by atoms with Crippen molar-refractivity contribution in [1.82, 2.24) is 10.7 Å². The summed E-state index contributed by atoms with van der Waals surface area (Å²) in [5.74, 6) is -1.13. The fourth-order valence-corrected chi connectivity index (χ4v) is 3.56. The Bertz CT molecular complexity index is 1200. The Hall–Kier alpha value is -4.25. The molecule has 2 amide bonds. The van der Waals surface area contributed by atoms with E-state index < -0.39 is 11.8 Å². The molecular formula is C27H23N3O2. The second kappa shape index (κ2) is 10.2. The molecule has 0 aliphatic rings. The van der Waals surface area contributed by atoms with Gasteiger partial charge in [0.25, 0.3) is 5.91 Å². The molecule has 4 aromatic rings. The molecule has 32 heavy (non-hydrogen) atoms. The SMILES string of the molecule is O=C(CNC(=O)C(c1ccccc1)c1ccccc1)NN=Cc1ccc2ccccc2c1. The molecule has 0 aliphatic carbocycles. The van der Waals surface area contributed by atoms with Crippen molar-refractivity contribution >= 4 is 28.8 Å². The van der Waals surface area contributed by atoms with E-state index in [9.17, 15) is 9.59 Å². The van der Waals surface area contributed by atoms with Gasteiger partial charge in [-0.25, -0.2) is 5.43 Å². The summed E-state index contributed by atoms with van der Waals surface area (Å²) in [4.78, 5) is 25.1. The van der Waals surface area contributed by atoms with Crippen LogP contribution in [0.3, 0.4) is 0 Å². The van der Waals surface area contributed by atoms with Crippen LogP contribution >= 0.6 is 0 Å². The molecule has 158 valence electrons. The molecule has 0 aliphatic heterocycles. The molecule has 0 radical (unpaired) electrons. The standard InChI is InChI=1S/C27H23N3O2/c31-25(30-29-18-20-15-16-21-9-7-8-14-24(21)17-20)19-28-27(32)26(22-10-3-1-4-11-22)23-12-5-2-6-13-23/h1-18,26H,19H2,(H,28,32)(H,30,31). The van der Waals surface area contributed by atoms with Crippen molar-refractivity contribution in [2.45, 2.75) is 5.92 Å². The van der Waals surface area contributed by atoms with Gasteiger partial charge in [0.05, 0.1) is 18.7 Å². The Morgan fingerprint density at radius 1 is 0.750 bits per heavy atom. The molecule has 2 N–H and O–H groups in total. The van der Waals surface area contributed by atoms with E-state index in [0.29, 0.717) is 0 Å². The van der Waals surface area contributed by atoms with Gasteiger partial charge < -0.3 is 5.32 Å². The molecule has 0 aromatic heterocycles. The highest BCUT2D eigenvalue weighted by atomic mass is 16.2. The smallest absolute Gasteiger partial charge is 0.259 e. The largest absolute Gasteiger partial charge is 0.346 e. The maximum absolute atomic E-state index is 12.9. The van der Waals surface area contributed by atoms with E-state index in [1.54, 1.807) is 6.21 Å². The zero-order chi connectivity index (χ0) is 22.2. The third-order valence-corrected chi connectivity index (χ3v) is 5.13. The van der Waals surface area contributed by atoms with E-state index in [1.165, 1.54) is 0 Å². The van der Waals surface area contributed by atoms with Crippen molar-refractivity contribution < 1.29 is 9.59 Å². The summed E-state index contributed by atoms with van der Waals surface area (Å²) in [6, 6.07) is 33.0. The third-order valence-electron chi connectivity index (χ3n) is 5.13. The Morgan fingerprint density at radius 3 is 2.00 bits per heavy atom. The minimum absolute atomic E-state index is 0.163. The molecule has 0 heterocycles. The number of rotatable bonds is 7. The number of nitrogens with one attached hydrogen (secondary N) is 2. The van der Waals surface area contributed by atoms with Crippen LogP contribution < -0.4 is 10.7 Å². The predicted octanol–water partition coefficient (Wildman–Crippen LogP) is 4.24. The average molecular weight is 422 g/mol. The number of carbonyl (C=O) groups excluding carboxylic acids is 2. The van der Waals surface area contributed by atoms with Crippen LogP contribution in [0.25, 0.3) is 10.8 Å². The molecule has 0 spiro atoms. The van der Waals surface area contributed by atoms with Crippen molar-refractivity contribution in [3.05, 3.63) is 120 Å². The van der Waals surface area contributed by atoms with Gasteiger partial charge in [0.2, 0.25) is 5.91 Å². The zero-order valence-electron chi connectivity index (χ0n) is 17.4. The van der Waals surface area contributed by atoms with Crippen LogP contribution in [-0.2, 0) is 9.59 Å². The van der Waals surface area contributed by atoms with Crippen LogP contribution in [0.15, 0.2) is 108 Å². The molecule has 0 bridgehead atoms. The van der Waals surface area contributed by atoms with E-state index in [1.807, 2.05) is 103 Å². The highest BCUT2D eigenvalue weighted by molar-refractivity contribution is 5.92. The Kier molecular flexibility index (Phi) is 6.68. The molecular weight excluding hydrogens is 398 g/mol. The first-order valence-corrected chi connectivity index (χ1v) is 10.4. The zero-order valence-corrected chi connectivity index (χ0v) is 17.4. The number of hydrogen-bond acceptors (Lipinski definition) is 3. The van der Waals surface area contributed by atoms with Gasteiger partial charge in [-0.15, -0.1) is 0 Å². The Labute approximate surface area is 186 Å². The van der Waals surface area contributed by atoms with Crippen LogP contribution in [0.1, 0.15) is 22.6 Å². The number of hydrazone groups is 1. The first-order chi connectivity index (χ1) is 15.7. The highest BCUT2D eigenvalue weighted by Crippen LogP contribution is 2.24. The maximum atomic E-state index is 12.9. The minimum atomic E-state index is -0.494. The molecule has 0 unspecified atom stereocenters. The van der Waals surface area contributed by atoms with Gasteiger partial charge in [-0.1, -0.05) is 97.1 Å². The van der Waals surface area contributed by atoms with Gasteiger partial charge in [-0.2, -0.15) is 5.10 Å². The highest BCUT2D eigenvalue weighted by Gasteiger charge is 2.22. The quantitative estimate of drug-likeness (QED) is 0.346. The lowest BCUT2D eigenvalue weighted by Gasteiger charge is -2.17. The predicted molar refractivity (Wildman–Crippen MR) is 127 cm³/mol. The topological polar surface area (TPSA) is 70.6 Å². The Balaban J connectivity index is 1.36. The summed E-state index contributed by atoms with van der Waals surface area (Å²) in [6.45, 7) is -0.163. The van der Waals surface area contributed by atoms with E-state index >= 15 is 0 Å². The van der Waals surface area contributed by atoms with Crippen LogP contribution in [0.4, 0.5) is 0 Å². The first kappa shape index (κ1) is 21.0. The number of fused-ring (bicyclic) bond motifs is 1. The van der Waals surface area contributed by atoms with E-state index in [2.05, 4.69) is 15.8 Å². The molecule has 0 saturated carbocycles. The average Bonchev–Trinajstić information content (AvgIpc) is 2.84. The molecule has 5 heteroatoms. The van der Waals surface area contributed by atoms with Crippen molar-refractivity contribution in [3.63, 3.8) is 0 Å². The van der Waals surface area contributed by atoms with Gasteiger partial charge in [0, 0.05) is 0 Å². The number of amides is 2. The van der Waals surface area contributed by atoms with E-state index in [0.717, 1.165) is 27.5 Å². The summed E-state index contributed by atoms with van der Waals surface area (Å²) in [7, 11) is 0. The van der Waals surface area contributed by atoms with Crippen LogP contribution in [0, 0.1) is 0 Å². The monoisotopic (exact) mass is 421 g/mol. The van der Waals surface area contributed by atoms with Crippen molar-refractivity contribution in [1.29, 1.82) is 0 Å². The van der Waals surface area contributed by atoms with E-state index in [-0.39, 0.29) is 12.5 Å². The number of carbonyl (C=O) groups is 2. The molecule has 0 atom stereocenters. The first-order valence-electron chi connectivity index (χ1n) is 10.4. The summed E-state index contributed by atoms with van der Waals surface area (Å²) in [5, 5.41) is 8.98. The summed E-state index contributed by atoms with van der Waals surface area (Å²) in [5.41, 5.74) is 5.08. The van der Waals surface area contributed by atoms with Gasteiger partial charge in [0.1, 0.15) is 0 Å². The molecule has 4 rings (SSSR count). The van der Waals surface area contributed by atoms with Gasteiger partial charge in [-0.3, -0.25) is 9.59 Å². The lowest BCUT2D eigenvalue weighted by atomic mass is 9.90. The fourth-order valence-electron chi connectivity index (χ4n) is 3.56. The lowest BCUT2D eigenvalue weighted by Crippen LogP contribution is -2.37. The van der Waals surface area contributed by atoms with Crippen molar-refractivity contribution in [3.8, 4) is 0 Å². The van der Waals surface area contributed by atoms with Gasteiger partial charge in [-0.05, 0) is 33.5 Å². The summed E-state index contributed by atoms with van der Waals surface area (Å²) in [6.07, 6.45) is 1.59. The lowest BCUT2D eigenvalue weighted by molar-refractivity contribution is -0.126. The van der Waals surface area contributed by atoms with Crippen LogP contribution in [0.2, 0.25) is 0 Å². The third kappa shape index (κ3) is 5.26. The molecule has 4 aromatic carbocycles. The Morgan fingerprint density at radius 2 is 1.34 bits per heavy atom. The second-order valence-electron chi connectivity index (χ2n) is 7.37. The summed E-state index contributed by atoms with van der Waals surface area (Å²) >= 11 is 0. The van der Waals surface area contributed by atoms with Gasteiger partial charge >= 0.3 is 0 Å². The normalized spacial score (nSPS) is 11.0. The van der Waals surface area contributed by atoms with Crippen molar-refractivity contribution in [2.24, 2.45) is 5.10 Å². The second-order valence-corrected chi connectivity index (χ2v) is 7.37. The number of nitrogens with zero attached hydrogens (tertiary/aromatic N) is 1. The number of hydrogen-bond donors (Lipinski definition) is 2.